The van der Waals surface area contributed by atoms with Crippen LogP contribution in [-0.2, 0) is 9.53 Å². The standard InChI is InChI=1S/C14H28N2O2/c1-6-14(17)15-13(10(2)3)7-16-11(4)8-18-9-12(16)5/h10-13H,6-9H2,1-5H3,(H,15,17)/t11-,12+,13-/m1/s1. The third kappa shape index (κ3) is 4.25. The van der Waals surface area contributed by atoms with Gasteiger partial charge in [0, 0.05) is 31.1 Å². The molecular formula is C14H28N2O2. The molecule has 0 radical (unpaired) electrons. The van der Waals surface area contributed by atoms with Crippen LogP contribution in [0.15, 0.2) is 0 Å². The van der Waals surface area contributed by atoms with Gasteiger partial charge in [-0.3, -0.25) is 9.69 Å². The lowest BCUT2D eigenvalue weighted by Gasteiger charge is -2.41. The number of carbonyl (C=O) groups is 1. The maximum atomic E-state index is 11.6. The van der Waals surface area contributed by atoms with Gasteiger partial charge in [-0.2, -0.15) is 0 Å². The molecule has 106 valence electrons. The lowest BCUT2D eigenvalue weighted by molar-refractivity contribution is -0.122. The highest BCUT2D eigenvalue weighted by Crippen LogP contribution is 2.15. The minimum Gasteiger partial charge on any atom is -0.378 e. The van der Waals surface area contributed by atoms with Gasteiger partial charge in [-0.05, 0) is 19.8 Å². The predicted molar refractivity (Wildman–Crippen MR) is 73.5 cm³/mol. The lowest BCUT2D eigenvalue weighted by Crippen LogP contribution is -2.56. The first kappa shape index (κ1) is 15.4. The Labute approximate surface area is 111 Å². The third-order valence-electron chi connectivity index (χ3n) is 3.73. The molecule has 1 amide bonds. The molecule has 4 heteroatoms. The summed E-state index contributed by atoms with van der Waals surface area (Å²) in [7, 11) is 0. The van der Waals surface area contributed by atoms with Crippen LogP contribution in [0.1, 0.15) is 41.0 Å². The van der Waals surface area contributed by atoms with E-state index in [4.69, 9.17) is 4.74 Å². The topological polar surface area (TPSA) is 41.6 Å². The molecule has 3 atom stereocenters. The highest BCUT2D eigenvalue weighted by Gasteiger charge is 2.29. The molecule has 1 fully saturated rings. The molecule has 1 saturated heterocycles. The molecule has 0 unspecified atom stereocenters. The number of morpholine rings is 1. The summed E-state index contributed by atoms with van der Waals surface area (Å²) in [6, 6.07) is 1.07. The highest BCUT2D eigenvalue weighted by atomic mass is 16.5. The van der Waals surface area contributed by atoms with Gasteiger partial charge in [-0.15, -0.1) is 0 Å². The van der Waals surface area contributed by atoms with Crippen molar-refractivity contribution in [2.75, 3.05) is 19.8 Å². The Morgan fingerprint density at radius 2 is 1.89 bits per heavy atom. The Kier molecular flexibility index (Phi) is 6.09. The molecule has 0 saturated carbocycles. The van der Waals surface area contributed by atoms with E-state index in [1.807, 2.05) is 6.92 Å². The molecule has 1 heterocycles. The Morgan fingerprint density at radius 1 is 1.33 bits per heavy atom. The average Bonchev–Trinajstić information content (AvgIpc) is 2.31. The first-order valence-corrected chi connectivity index (χ1v) is 7.08. The summed E-state index contributed by atoms with van der Waals surface area (Å²) < 4.78 is 5.54. The molecule has 0 aromatic heterocycles. The maximum Gasteiger partial charge on any atom is 0.219 e. The number of hydrogen-bond acceptors (Lipinski definition) is 3. The van der Waals surface area contributed by atoms with Crippen LogP contribution >= 0.6 is 0 Å². The van der Waals surface area contributed by atoms with E-state index in [0.717, 1.165) is 19.8 Å². The number of carbonyl (C=O) groups excluding carboxylic acids is 1. The lowest BCUT2D eigenvalue weighted by atomic mass is 10.0. The van der Waals surface area contributed by atoms with Crippen molar-refractivity contribution in [2.24, 2.45) is 5.92 Å². The molecule has 0 aromatic rings. The van der Waals surface area contributed by atoms with Crippen LogP contribution in [0.4, 0.5) is 0 Å². The number of ether oxygens (including phenoxy) is 1. The van der Waals surface area contributed by atoms with E-state index in [1.54, 1.807) is 0 Å². The van der Waals surface area contributed by atoms with E-state index in [1.165, 1.54) is 0 Å². The van der Waals surface area contributed by atoms with E-state index in [-0.39, 0.29) is 11.9 Å². The number of rotatable bonds is 5. The Balaban J connectivity index is 2.61. The van der Waals surface area contributed by atoms with E-state index >= 15 is 0 Å². The van der Waals surface area contributed by atoms with Crippen LogP contribution in [0.2, 0.25) is 0 Å². The minimum atomic E-state index is 0.141. The largest absolute Gasteiger partial charge is 0.378 e. The molecule has 0 spiro atoms. The second kappa shape index (κ2) is 7.10. The first-order valence-electron chi connectivity index (χ1n) is 7.08. The maximum absolute atomic E-state index is 11.6. The van der Waals surface area contributed by atoms with Crippen LogP contribution in [-0.4, -0.2) is 48.7 Å². The number of hydrogen-bond donors (Lipinski definition) is 1. The van der Waals surface area contributed by atoms with Gasteiger partial charge in [0.25, 0.3) is 0 Å². The molecule has 1 N–H and O–H groups in total. The summed E-state index contributed by atoms with van der Waals surface area (Å²) in [6.07, 6.45) is 0.553. The fourth-order valence-corrected chi connectivity index (χ4v) is 2.35. The fraction of sp³-hybridized carbons (Fsp3) is 0.929. The number of nitrogens with one attached hydrogen (secondary N) is 1. The van der Waals surface area contributed by atoms with Crippen molar-refractivity contribution < 1.29 is 9.53 Å². The zero-order valence-corrected chi connectivity index (χ0v) is 12.4. The Morgan fingerprint density at radius 3 is 2.33 bits per heavy atom. The zero-order valence-electron chi connectivity index (χ0n) is 12.4. The highest BCUT2D eigenvalue weighted by molar-refractivity contribution is 5.75. The van der Waals surface area contributed by atoms with Gasteiger partial charge in [0.2, 0.25) is 5.91 Å². The van der Waals surface area contributed by atoms with Crippen molar-refractivity contribution >= 4 is 5.91 Å². The molecule has 1 rings (SSSR count). The molecule has 4 nitrogen and oxygen atoms in total. The summed E-state index contributed by atoms with van der Waals surface area (Å²) in [5, 5.41) is 3.13. The van der Waals surface area contributed by atoms with E-state index in [0.29, 0.717) is 24.4 Å². The van der Waals surface area contributed by atoms with Crippen LogP contribution in [0.5, 0.6) is 0 Å². The van der Waals surface area contributed by atoms with Gasteiger partial charge in [0.05, 0.1) is 13.2 Å². The first-order chi connectivity index (χ1) is 8.45. The van der Waals surface area contributed by atoms with Crippen LogP contribution in [0.3, 0.4) is 0 Å². The van der Waals surface area contributed by atoms with Crippen LogP contribution in [0.25, 0.3) is 0 Å². The summed E-state index contributed by atoms with van der Waals surface area (Å²) in [5.74, 6) is 0.588. The number of amides is 1. The predicted octanol–water partition coefficient (Wildman–Crippen LogP) is 1.65. The Hall–Kier alpha value is -0.610. The average molecular weight is 256 g/mol. The molecule has 18 heavy (non-hydrogen) atoms. The van der Waals surface area contributed by atoms with Gasteiger partial charge in [-0.25, -0.2) is 0 Å². The number of nitrogens with zero attached hydrogens (tertiary/aromatic N) is 1. The molecule has 0 aromatic carbocycles. The van der Waals surface area contributed by atoms with Crippen molar-refractivity contribution in [3.05, 3.63) is 0 Å². The van der Waals surface area contributed by atoms with Crippen molar-refractivity contribution in [3.63, 3.8) is 0 Å². The second-order valence-corrected chi connectivity index (χ2v) is 5.70. The quantitative estimate of drug-likeness (QED) is 0.813. The smallest absolute Gasteiger partial charge is 0.219 e. The molecular weight excluding hydrogens is 228 g/mol. The van der Waals surface area contributed by atoms with Crippen LogP contribution < -0.4 is 5.32 Å². The molecule has 0 bridgehead atoms. The minimum absolute atomic E-state index is 0.141. The normalized spacial score (nSPS) is 27.2. The summed E-state index contributed by atoms with van der Waals surface area (Å²) in [4.78, 5) is 14.0. The van der Waals surface area contributed by atoms with E-state index in [2.05, 4.69) is 37.9 Å². The van der Waals surface area contributed by atoms with Gasteiger partial charge >= 0.3 is 0 Å². The summed E-state index contributed by atoms with van der Waals surface area (Å²) in [5.41, 5.74) is 0. The Bertz CT molecular complexity index is 259. The molecule has 1 aliphatic rings. The fourth-order valence-electron chi connectivity index (χ4n) is 2.35. The summed E-state index contributed by atoms with van der Waals surface area (Å²) in [6.45, 7) is 13.1. The molecule has 0 aliphatic carbocycles. The van der Waals surface area contributed by atoms with Gasteiger partial charge in [0.1, 0.15) is 0 Å². The second-order valence-electron chi connectivity index (χ2n) is 5.70. The molecule has 1 aliphatic heterocycles. The monoisotopic (exact) mass is 256 g/mol. The van der Waals surface area contributed by atoms with Gasteiger partial charge in [-0.1, -0.05) is 20.8 Å². The van der Waals surface area contributed by atoms with Crippen LogP contribution in [0, 0.1) is 5.92 Å². The van der Waals surface area contributed by atoms with Crippen molar-refractivity contribution in [1.29, 1.82) is 0 Å². The van der Waals surface area contributed by atoms with E-state index in [9.17, 15) is 4.79 Å². The van der Waals surface area contributed by atoms with Crippen molar-refractivity contribution in [1.82, 2.24) is 10.2 Å². The van der Waals surface area contributed by atoms with Crippen molar-refractivity contribution in [2.45, 2.75) is 59.2 Å². The zero-order chi connectivity index (χ0) is 13.7. The SMILES string of the molecule is CCC(=O)N[C@H](CN1[C@H](C)COC[C@@H]1C)C(C)C. The van der Waals surface area contributed by atoms with Gasteiger partial charge < -0.3 is 10.1 Å². The third-order valence-corrected chi connectivity index (χ3v) is 3.73. The van der Waals surface area contributed by atoms with E-state index < -0.39 is 0 Å². The van der Waals surface area contributed by atoms with Crippen molar-refractivity contribution in [3.8, 4) is 0 Å². The van der Waals surface area contributed by atoms with Gasteiger partial charge in [0.15, 0.2) is 0 Å². The summed E-state index contributed by atoms with van der Waals surface area (Å²) >= 11 is 0.